The molecule has 10 heteroatoms. The van der Waals surface area contributed by atoms with E-state index in [-0.39, 0.29) is 36.1 Å². The highest BCUT2D eigenvalue weighted by molar-refractivity contribution is 7.89. The third-order valence-electron chi connectivity index (χ3n) is 6.10. The summed E-state index contributed by atoms with van der Waals surface area (Å²) in [7, 11) is -2.14. The Morgan fingerprint density at radius 3 is 2.41 bits per heavy atom. The fraction of sp³-hybridized carbons (Fsp3) is 0.417. The standard InChI is InChI=1S/C24H29N3O6S/c1-32-20-4-2-18(3-5-20)17-25-34(30,31)21-6-7-22-19(16-21)10-11-27(22)24(29)9-8-23(28)26-12-14-33-15-13-26/h2-7,16,25H,8-15,17H2,1H3. The van der Waals surface area contributed by atoms with Gasteiger partial charge in [-0.2, -0.15) is 0 Å². The quantitative estimate of drug-likeness (QED) is 0.608. The van der Waals surface area contributed by atoms with Crippen molar-refractivity contribution in [3.05, 3.63) is 53.6 Å². The number of morpholine rings is 1. The summed E-state index contributed by atoms with van der Waals surface area (Å²) in [6.07, 6.45) is 0.853. The normalized spacial score (nSPS) is 15.8. The number of amides is 2. The topological polar surface area (TPSA) is 105 Å². The summed E-state index contributed by atoms with van der Waals surface area (Å²) in [5, 5.41) is 0. The molecule has 1 saturated heterocycles. The van der Waals surface area contributed by atoms with Gasteiger partial charge in [-0.15, -0.1) is 0 Å². The van der Waals surface area contributed by atoms with Gasteiger partial charge in [-0.05, 0) is 47.9 Å². The monoisotopic (exact) mass is 487 g/mol. The van der Waals surface area contributed by atoms with Gasteiger partial charge in [-0.3, -0.25) is 9.59 Å². The Morgan fingerprint density at radius 1 is 1.00 bits per heavy atom. The molecule has 2 heterocycles. The molecule has 0 aromatic heterocycles. The van der Waals surface area contributed by atoms with Gasteiger partial charge in [0, 0.05) is 44.7 Å². The van der Waals surface area contributed by atoms with E-state index in [2.05, 4.69) is 4.72 Å². The minimum Gasteiger partial charge on any atom is -0.497 e. The number of anilines is 1. The summed E-state index contributed by atoms with van der Waals surface area (Å²) in [5.41, 5.74) is 2.33. The predicted molar refractivity (Wildman–Crippen MR) is 126 cm³/mol. The summed E-state index contributed by atoms with van der Waals surface area (Å²) >= 11 is 0. The Balaban J connectivity index is 1.36. The van der Waals surface area contributed by atoms with Gasteiger partial charge < -0.3 is 19.3 Å². The van der Waals surface area contributed by atoms with Crippen molar-refractivity contribution in [2.45, 2.75) is 30.7 Å². The summed E-state index contributed by atoms with van der Waals surface area (Å²) in [6.45, 7) is 2.80. The number of nitrogens with zero attached hydrogens (tertiary/aromatic N) is 2. The molecule has 0 aliphatic carbocycles. The molecule has 0 unspecified atom stereocenters. The van der Waals surface area contributed by atoms with Crippen LogP contribution in [0.15, 0.2) is 47.4 Å². The molecule has 2 aromatic carbocycles. The van der Waals surface area contributed by atoms with E-state index in [1.54, 1.807) is 53.3 Å². The van der Waals surface area contributed by atoms with Crippen LogP contribution in [-0.2, 0) is 37.3 Å². The number of carbonyl (C=O) groups is 2. The van der Waals surface area contributed by atoms with E-state index < -0.39 is 10.0 Å². The lowest BCUT2D eigenvalue weighted by molar-refractivity contribution is -0.136. The Morgan fingerprint density at radius 2 is 1.71 bits per heavy atom. The van der Waals surface area contributed by atoms with E-state index in [0.717, 1.165) is 11.1 Å². The van der Waals surface area contributed by atoms with E-state index in [9.17, 15) is 18.0 Å². The van der Waals surface area contributed by atoms with Crippen LogP contribution in [-0.4, -0.2) is 65.1 Å². The lowest BCUT2D eigenvalue weighted by Crippen LogP contribution is -2.41. The summed E-state index contributed by atoms with van der Waals surface area (Å²) < 4.78 is 38.6. The molecule has 0 saturated carbocycles. The first-order valence-electron chi connectivity index (χ1n) is 11.3. The highest BCUT2D eigenvalue weighted by Crippen LogP contribution is 2.31. The fourth-order valence-electron chi connectivity index (χ4n) is 4.13. The van der Waals surface area contributed by atoms with Crippen molar-refractivity contribution in [1.82, 2.24) is 9.62 Å². The van der Waals surface area contributed by atoms with Crippen LogP contribution in [0.5, 0.6) is 5.75 Å². The average molecular weight is 488 g/mol. The summed E-state index contributed by atoms with van der Waals surface area (Å²) in [6, 6.07) is 12.0. The minimum atomic E-state index is -3.71. The van der Waals surface area contributed by atoms with Crippen LogP contribution >= 0.6 is 0 Å². The van der Waals surface area contributed by atoms with Crippen molar-refractivity contribution in [2.24, 2.45) is 0 Å². The zero-order valence-corrected chi connectivity index (χ0v) is 20.0. The first-order chi connectivity index (χ1) is 16.4. The van der Waals surface area contributed by atoms with E-state index in [1.165, 1.54) is 6.07 Å². The largest absolute Gasteiger partial charge is 0.497 e. The number of hydrogen-bond donors (Lipinski definition) is 1. The fourth-order valence-corrected chi connectivity index (χ4v) is 5.20. The number of rotatable bonds is 8. The third-order valence-corrected chi connectivity index (χ3v) is 7.50. The van der Waals surface area contributed by atoms with Crippen molar-refractivity contribution in [1.29, 1.82) is 0 Å². The van der Waals surface area contributed by atoms with Crippen LogP contribution < -0.4 is 14.4 Å². The molecule has 34 heavy (non-hydrogen) atoms. The second kappa shape index (κ2) is 10.5. The van der Waals surface area contributed by atoms with E-state index in [1.807, 2.05) is 0 Å². The van der Waals surface area contributed by atoms with Crippen LogP contribution in [0, 0.1) is 0 Å². The van der Waals surface area contributed by atoms with Crippen molar-refractivity contribution in [3.8, 4) is 5.75 Å². The lowest BCUT2D eigenvalue weighted by Gasteiger charge is -2.27. The highest BCUT2D eigenvalue weighted by atomic mass is 32.2. The zero-order chi connectivity index (χ0) is 24.1. The number of hydrogen-bond acceptors (Lipinski definition) is 6. The first-order valence-corrected chi connectivity index (χ1v) is 12.8. The number of benzene rings is 2. The zero-order valence-electron chi connectivity index (χ0n) is 19.2. The van der Waals surface area contributed by atoms with E-state index >= 15 is 0 Å². The molecule has 2 aromatic rings. The smallest absolute Gasteiger partial charge is 0.240 e. The Hall–Kier alpha value is -2.95. The number of fused-ring (bicyclic) bond motifs is 1. The third kappa shape index (κ3) is 5.57. The molecular formula is C24H29N3O6S. The molecule has 1 fully saturated rings. The van der Waals surface area contributed by atoms with Gasteiger partial charge in [0.2, 0.25) is 21.8 Å². The average Bonchev–Trinajstić information content (AvgIpc) is 3.30. The number of sulfonamides is 1. The van der Waals surface area contributed by atoms with Gasteiger partial charge in [0.1, 0.15) is 5.75 Å². The predicted octanol–water partition coefficient (Wildman–Crippen LogP) is 1.70. The summed E-state index contributed by atoms with van der Waals surface area (Å²) in [5.74, 6) is 0.531. The molecule has 2 aliphatic heterocycles. The van der Waals surface area contributed by atoms with Crippen LogP contribution in [0.25, 0.3) is 0 Å². The number of nitrogens with one attached hydrogen (secondary N) is 1. The van der Waals surface area contributed by atoms with Crippen LogP contribution in [0.2, 0.25) is 0 Å². The van der Waals surface area contributed by atoms with Gasteiger partial charge in [-0.25, -0.2) is 13.1 Å². The maximum Gasteiger partial charge on any atom is 0.240 e. The van der Waals surface area contributed by atoms with Gasteiger partial charge in [0.25, 0.3) is 0 Å². The van der Waals surface area contributed by atoms with Crippen LogP contribution in [0.3, 0.4) is 0 Å². The van der Waals surface area contributed by atoms with Gasteiger partial charge in [0.15, 0.2) is 0 Å². The molecule has 4 rings (SSSR count). The molecule has 2 amide bonds. The first kappa shape index (κ1) is 24.2. The Bertz CT molecular complexity index is 1140. The van der Waals surface area contributed by atoms with Crippen molar-refractivity contribution >= 4 is 27.5 Å². The molecule has 1 N–H and O–H groups in total. The number of methoxy groups -OCH3 is 1. The molecule has 182 valence electrons. The minimum absolute atomic E-state index is 0.0413. The maximum atomic E-state index is 12.8. The maximum absolute atomic E-state index is 12.8. The van der Waals surface area contributed by atoms with Crippen LogP contribution in [0.1, 0.15) is 24.0 Å². The SMILES string of the molecule is COc1ccc(CNS(=O)(=O)c2ccc3c(c2)CCN3C(=O)CCC(=O)N2CCOCC2)cc1. The van der Waals surface area contributed by atoms with Gasteiger partial charge in [0.05, 0.1) is 25.2 Å². The van der Waals surface area contributed by atoms with Gasteiger partial charge in [-0.1, -0.05) is 12.1 Å². The highest BCUT2D eigenvalue weighted by Gasteiger charge is 2.27. The molecular weight excluding hydrogens is 458 g/mol. The van der Waals surface area contributed by atoms with E-state index in [0.29, 0.717) is 50.7 Å². The second-order valence-corrected chi connectivity index (χ2v) is 10.0. The molecule has 0 spiro atoms. The van der Waals surface area contributed by atoms with Gasteiger partial charge >= 0.3 is 0 Å². The summed E-state index contributed by atoms with van der Waals surface area (Å²) in [4.78, 5) is 28.6. The molecule has 9 nitrogen and oxygen atoms in total. The number of carbonyl (C=O) groups excluding carboxylic acids is 2. The number of ether oxygens (including phenoxy) is 2. The lowest BCUT2D eigenvalue weighted by atomic mass is 10.2. The Kier molecular flexibility index (Phi) is 7.50. The molecule has 0 atom stereocenters. The molecule has 2 aliphatic rings. The van der Waals surface area contributed by atoms with Crippen molar-refractivity contribution in [2.75, 3.05) is 44.9 Å². The van der Waals surface area contributed by atoms with Crippen molar-refractivity contribution < 1.29 is 27.5 Å². The molecule has 0 radical (unpaired) electrons. The second-order valence-electron chi connectivity index (χ2n) is 8.25. The van der Waals surface area contributed by atoms with E-state index in [4.69, 9.17) is 9.47 Å². The molecule has 0 bridgehead atoms. The van der Waals surface area contributed by atoms with Crippen molar-refractivity contribution in [3.63, 3.8) is 0 Å². The van der Waals surface area contributed by atoms with Crippen LogP contribution in [0.4, 0.5) is 5.69 Å². The Labute approximate surface area is 199 Å².